The van der Waals surface area contributed by atoms with Crippen LogP contribution in [0.4, 0.5) is 5.13 Å². The normalized spacial score (nSPS) is 17.3. The van der Waals surface area contributed by atoms with Gasteiger partial charge in [0.2, 0.25) is 9.47 Å². The minimum Gasteiger partial charge on any atom is -0.374 e. The number of sulfonamides is 1. The fourth-order valence-electron chi connectivity index (χ4n) is 1.31. The highest BCUT2D eigenvalue weighted by atomic mass is 32.2. The SMILES string of the molecule is Nc1nnc(S(=O)(=O)NC2CC=CC2)s1. The summed E-state index contributed by atoms with van der Waals surface area (Å²) >= 11 is 0.863. The van der Waals surface area contributed by atoms with Crippen LogP contribution < -0.4 is 10.5 Å². The first-order chi connectivity index (χ1) is 7.08. The Labute approximate surface area is 91.3 Å². The molecule has 0 spiro atoms. The molecule has 1 aliphatic rings. The summed E-state index contributed by atoms with van der Waals surface area (Å²) in [6, 6.07) is -0.0693. The Morgan fingerprint density at radius 2 is 2.07 bits per heavy atom. The first-order valence-electron chi connectivity index (χ1n) is 4.34. The van der Waals surface area contributed by atoms with E-state index in [1.807, 2.05) is 12.2 Å². The van der Waals surface area contributed by atoms with Crippen LogP contribution in [0.2, 0.25) is 0 Å². The molecule has 2 rings (SSSR count). The molecule has 1 heterocycles. The van der Waals surface area contributed by atoms with Gasteiger partial charge in [-0.1, -0.05) is 23.5 Å². The molecule has 0 radical (unpaired) electrons. The molecule has 6 nitrogen and oxygen atoms in total. The van der Waals surface area contributed by atoms with E-state index >= 15 is 0 Å². The topological polar surface area (TPSA) is 98.0 Å². The molecule has 15 heavy (non-hydrogen) atoms. The number of aromatic nitrogens is 2. The Bertz CT molecular complexity index is 471. The lowest BCUT2D eigenvalue weighted by molar-refractivity contribution is 0.556. The van der Waals surface area contributed by atoms with Crippen LogP contribution >= 0.6 is 11.3 Å². The zero-order valence-corrected chi connectivity index (χ0v) is 9.38. The average molecular weight is 246 g/mol. The van der Waals surface area contributed by atoms with Crippen LogP contribution in [0.5, 0.6) is 0 Å². The van der Waals surface area contributed by atoms with E-state index in [0.29, 0.717) is 12.8 Å². The molecule has 0 saturated heterocycles. The van der Waals surface area contributed by atoms with Crippen molar-refractivity contribution >= 4 is 26.5 Å². The van der Waals surface area contributed by atoms with Crippen molar-refractivity contribution in [2.75, 3.05) is 5.73 Å². The minimum absolute atomic E-state index is 0.0693. The van der Waals surface area contributed by atoms with Gasteiger partial charge in [-0.3, -0.25) is 0 Å². The molecule has 0 atom stereocenters. The number of nitrogens with one attached hydrogen (secondary N) is 1. The van der Waals surface area contributed by atoms with Gasteiger partial charge in [0.15, 0.2) is 0 Å². The Kier molecular flexibility index (Phi) is 2.72. The van der Waals surface area contributed by atoms with Gasteiger partial charge in [0, 0.05) is 6.04 Å². The predicted molar refractivity (Wildman–Crippen MR) is 56.8 cm³/mol. The lowest BCUT2D eigenvalue weighted by Gasteiger charge is -2.09. The summed E-state index contributed by atoms with van der Waals surface area (Å²) < 4.78 is 25.9. The summed E-state index contributed by atoms with van der Waals surface area (Å²) in [7, 11) is -3.55. The molecule has 8 heteroatoms. The minimum atomic E-state index is -3.55. The third-order valence-corrected chi connectivity index (χ3v) is 4.62. The highest BCUT2D eigenvalue weighted by Gasteiger charge is 2.24. The number of rotatable bonds is 3. The van der Waals surface area contributed by atoms with Gasteiger partial charge in [0.25, 0.3) is 10.0 Å². The highest BCUT2D eigenvalue weighted by Crippen LogP contribution is 2.19. The molecule has 0 fully saturated rings. The first kappa shape index (κ1) is 10.5. The Hall–Kier alpha value is -0.990. The van der Waals surface area contributed by atoms with Gasteiger partial charge in [-0.15, -0.1) is 10.2 Å². The summed E-state index contributed by atoms with van der Waals surface area (Å²) in [5.74, 6) is 0. The van der Waals surface area contributed by atoms with Crippen LogP contribution in [0.1, 0.15) is 12.8 Å². The number of anilines is 1. The Morgan fingerprint density at radius 1 is 1.40 bits per heavy atom. The second-order valence-corrected chi connectivity index (χ2v) is 6.06. The number of nitrogens with zero attached hydrogens (tertiary/aromatic N) is 2. The maximum absolute atomic E-state index is 11.7. The maximum Gasteiger partial charge on any atom is 0.270 e. The summed E-state index contributed by atoms with van der Waals surface area (Å²) in [5, 5.41) is 7.12. The van der Waals surface area contributed by atoms with Crippen LogP contribution in [0.3, 0.4) is 0 Å². The van der Waals surface area contributed by atoms with E-state index in [1.165, 1.54) is 0 Å². The summed E-state index contributed by atoms with van der Waals surface area (Å²) in [6.45, 7) is 0. The molecule has 0 bridgehead atoms. The molecule has 1 aromatic rings. The van der Waals surface area contributed by atoms with E-state index < -0.39 is 10.0 Å². The zero-order valence-electron chi connectivity index (χ0n) is 7.75. The van der Waals surface area contributed by atoms with Crippen molar-refractivity contribution < 1.29 is 8.42 Å². The molecule has 0 amide bonds. The second-order valence-electron chi connectivity index (χ2n) is 3.17. The van der Waals surface area contributed by atoms with Gasteiger partial charge in [0.05, 0.1) is 0 Å². The number of hydrogen-bond donors (Lipinski definition) is 2. The Balaban J connectivity index is 2.13. The molecule has 0 saturated carbocycles. The fourth-order valence-corrected chi connectivity index (χ4v) is 3.37. The third-order valence-electron chi connectivity index (χ3n) is 1.98. The van der Waals surface area contributed by atoms with Gasteiger partial charge in [-0.2, -0.15) is 0 Å². The van der Waals surface area contributed by atoms with Gasteiger partial charge in [-0.05, 0) is 12.8 Å². The van der Waals surface area contributed by atoms with Crippen LogP contribution in [-0.2, 0) is 10.0 Å². The van der Waals surface area contributed by atoms with Crippen molar-refractivity contribution in [3.05, 3.63) is 12.2 Å². The first-order valence-corrected chi connectivity index (χ1v) is 6.64. The lowest BCUT2D eigenvalue weighted by Crippen LogP contribution is -2.32. The molecule has 3 N–H and O–H groups in total. The largest absolute Gasteiger partial charge is 0.374 e. The number of hydrogen-bond acceptors (Lipinski definition) is 6. The summed E-state index contributed by atoms with van der Waals surface area (Å²) in [4.78, 5) is 0. The lowest BCUT2D eigenvalue weighted by atomic mass is 10.3. The van der Waals surface area contributed by atoms with E-state index in [-0.39, 0.29) is 15.5 Å². The Morgan fingerprint density at radius 3 is 2.60 bits per heavy atom. The van der Waals surface area contributed by atoms with Crippen molar-refractivity contribution in [2.45, 2.75) is 23.2 Å². The molecular weight excluding hydrogens is 236 g/mol. The van der Waals surface area contributed by atoms with Crippen LogP contribution in [0.25, 0.3) is 0 Å². The maximum atomic E-state index is 11.7. The van der Waals surface area contributed by atoms with E-state index in [4.69, 9.17) is 5.73 Å². The van der Waals surface area contributed by atoms with Gasteiger partial charge in [-0.25, -0.2) is 13.1 Å². The monoisotopic (exact) mass is 246 g/mol. The van der Waals surface area contributed by atoms with Crippen LogP contribution in [-0.4, -0.2) is 24.7 Å². The van der Waals surface area contributed by atoms with Crippen molar-refractivity contribution in [1.29, 1.82) is 0 Å². The van der Waals surface area contributed by atoms with E-state index in [0.717, 1.165) is 11.3 Å². The van der Waals surface area contributed by atoms with Gasteiger partial charge < -0.3 is 5.73 Å². The van der Waals surface area contributed by atoms with Crippen LogP contribution in [0, 0.1) is 0 Å². The van der Waals surface area contributed by atoms with Crippen molar-refractivity contribution in [2.24, 2.45) is 0 Å². The predicted octanol–water partition coefficient (Wildman–Crippen LogP) is 0.117. The van der Waals surface area contributed by atoms with Gasteiger partial charge >= 0.3 is 0 Å². The summed E-state index contributed by atoms with van der Waals surface area (Å²) in [6.07, 6.45) is 5.32. The molecule has 82 valence electrons. The van der Waals surface area contributed by atoms with E-state index in [2.05, 4.69) is 14.9 Å². The van der Waals surface area contributed by atoms with Crippen molar-refractivity contribution in [3.63, 3.8) is 0 Å². The molecule has 1 aromatic heterocycles. The van der Waals surface area contributed by atoms with E-state index in [1.54, 1.807) is 0 Å². The van der Waals surface area contributed by atoms with E-state index in [9.17, 15) is 8.42 Å². The highest BCUT2D eigenvalue weighted by molar-refractivity contribution is 7.91. The molecule has 0 unspecified atom stereocenters. The van der Waals surface area contributed by atoms with Gasteiger partial charge in [0.1, 0.15) is 0 Å². The third kappa shape index (κ3) is 2.33. The second kappa shape index (κ2) is 3.87. The number of nitrogens with two attached hydrogens (primary N) is 1. The average Bonchev–Trinajstić information content (AvgIpc) is 2.75. The molecule has 0 aliphatic heterocycles. The zero-order chi connectivity index (χ0) is 10.9. The van der Waals surface area contributed by atoms with Crippen molar-refractivity contribution in [3.8, 4) is 0 Å². The smallest absolute Gasteiger partial charge is 0.270 e. The number of nitrogen functional groups attached to an aromatic ring is 1. The quantitative estimate of drug-likeness (QED) is 0.738. The van der Waals surface area contributed by atoms with Crippen LogP contribution in [0.15, 0.2) is 16.5 Å². The molecular formula is C7H10N4O2S2. The van der Waals surface area contributed by atoms with Crippen molar-refractivity contribution in [1.82, 2.24) is 14.9 Å². The molecule has 0 aromatic carbocycles. The summed E-state index contributed by atoms with van der Waals surface area (Å²) in [5.41, 5.74) is 5.32. The standard InChI is InChI=1S/C7H10N4O2S2/c8-6-9-10-7(14-6)15(12,13)11-5-3-1-2-4-5/h1-2,5,11H,3-4H2,(H2,8,9). The fraction of sp³-hybridized carbons (Fsp3) is 0.429. The molecule has 1 aliphatic carbocycles.